The first kappa shape index (κ1) is 19.2. The zero-order valence-electron chi connectivity index (χ0n) is 16.6. The fraction of sp³-hybridized carbons (Fsp3) is 0.550. The monoisotopic (exact) mass is 404 g/mol. The van der Waals surface area contributed by atoms with Crippen LogP contribution in [0.2, 0.25) is 5.02 Å². The molecule has 0 bridgehead atoms. The molecule has 0 radical (unpaired) electrons. The first-order chi connectivity index (χ1) is 13.1. The minimum atomic E-state index is -1.39. The predicted octanol–water partition coefficient (Wildman–Crippen LogP) is 1.88. The molecule has 0 saturated carbocycles. The van der Waals surface area contributed by atoms with Crippen LogP contribution < -0.4 is 10.2 Å². The van der Waals surface area contributed by atoms with Crippen LogP contribution in [0.25, 0.3) is 0 Å². The van der Waals surface area contributed by atoms with Crippen LogP contribution >= 0.6 is 11.6 Å². The van der Waals surface area contributed by atoms with Crippen molar-refractivity contribution in [2.75, 3.05) is 31.6 Å². The minimum absolute atomic E-state index is 0.182. The first-order valence-corrected chi connectivity index (χ1v) is 9.88. The number of hydrogen-bond acceptors (Lipinski definition) is 5. The molecule has 3 heterocycles. The average molecular weight is 405 g/mol. The summed E-state index contributed by atoms with van der Waals surface area (Å²) in [7, 11) is 1.98. The molecule has 0 aliphatic carbocycles. The minimum Gasteiger partial charge on any atom is -0.364 e. The topological polar surface area (TPSA) is 73.0 Å². The van der Waals surface area contributed by atoms with E-state index in [0.717, 1.165) is 17.8 Å². The molecule has 28 heavy (non-hydrogen) atoms. The Balaban J connectivity index is 1.93. The molecule has 0 aromatic heterocycles. The van der Waals surface area contributed by atoms with Crippen LogP contribution in [-0.2, 0) is 16.0 Å². The highest BCUT2D eigenvalue weighted by molar-refractivity contribution is 6.32. The third-order valence-corrected chi connectivity index (χ3v) is 6.45. The van der Waals surface area contributed by atoms with Crippen molar-refractivity contribution in [3.05, 3.63) is 28.8 Å². The Hall–Kier alpha value is -2.12. The number of barbiturate groups is 1. The van der Waals surface area contributed by atoms with Crippen molar-refractivity contribution in [2.45, 2.75) is 38.8 Å². The van der Waals surface area contributed by atoms with Crippen molar-refractivity contribution >= 4 is 35.1 Å². The van der Waals surface area contributed by atoms with Gasteiger partial charge in [0.25, 0.3) is 0 Å². The third-order valence-electron chi connectivity index (χ3n) is 6.10. The molecule has 2 atom stereocenters. The van der Waals surface area contributed by atoms with Crippen molar-refractivity contribution in [3.63, 3.8) is 0 Å². The smallest absolute Gasteiger partial charge is 0.331 e. The molecule has 1 aromatic rings. The lowest BCUT2D eigenvalue weighted by molar-refractivity contribution is -0.157. The van der Waals surface area contributed by atoms with E-state index in [4.69, 9.17) is 11.6 Å². The largest absolute Gasteiger partial charge is 0.364 e. The van der Waals surface area contributed by atoms with Crippen LogP contribution in [0.1, 0.15) is 26.3 Å². The van der Waals surface area contributed by atoms with Crippen molar-refractivity contribution in [1.82, 2.24) is 15.1 Å². The van der Waals surface area contributed by atoms with Crippen LogP contribution in [0.5, 0.6) is 0 Å². The number of likely N-dealkylation sites (N-methyl/N-ethyl adjacent to an activating group) is 1. The van der Waals surface area contributed by atoms with Gasteiger partial charge >= 0.3 is 6.03 Å². The van der Waals surface area contributed by atoms with E-state index >= 15 is 0 Å². The van der Waals surface area contributed by atoms with Gasteiger partial charge in [-0.05, 0) is 45.5 Å². The van der Waals surface area contributed by atoms with Gasteiger partial charge in [0.1, 0.15) is 0 Å². The number of benzene rings is 1. The van der Waals surface area contributed by atoms with Crippen molar-refractivity contribution in [2.24, 2.45) is 5.41 Å². The highest BCUT2D eigenvalue weighted by Gasteiger charge is 2.64. The fourth-order valence-electron chi connectivity index (χ4n) is 4.73. The molecule has 3 aliphatic heterocycles. The van der Waals surface area contributed by atoms with Crippen molar-refractivity contribution in [1.29, 1.82) is 0 Å². The number of halogens is 1. The van der Waals surface area contributed by atoms with Crippen LogP contribution in [0.4, 0.5) is 10.5 Å². The van der Waals surface area contributed by atoms with Gasteiger partial charge in [-0.3, -0.25) is 19.8 Å². The van der Waals surface area contributed by atoms with Gasteiger partial charge in [-0.15, -0.1) is 0 Å². The number of carbonyl (C=O) groups is 3. The molecule has 2 saturated heterocycles. The third kappa shape index (κ3) is 2.56. The zero-order chi connectivity index (χ0) is 20.4. The highest BCUT2D eigenvalue weighted by atomic mass is 35.5. The molecule has 4 amide bonds. The fourth-order valence-corrected chi connectivity index (χ4v) is 4.97. The highest BCUT2D eigenvalue weighted by Crippen LogP contribution is 2.48. The molecule has 1 spiro atoms. The molecule has 3 aliphatic rings. The van der Waals surface area contributed by atoms with Crippen LogP contribution in [0, 0.1) is 5.41 Å². The Morgan fingerprint density at radius 1 is 1.18 bits per heavy atom. The summed E-state index contributed by atoms with van der Waals surface area (Å²) in [5.41, 5.74) is -0.387. The normalized spacial score (nSPS) is 28.3. The Kier molecular flexibility index (Phi) is 4.25. The summed E-state index contributed by atoms with van der Waals surface area (Å²) in [4.78, 5) is 45.1. The molecule has 7 nitrogen and oxygen atoms in total. The second-order valence-electron chi connectivity index (χ2n) is 8.93. The summed E-state index contributed by atoms with van der Waals surface area (Å²) in [6, 6.07) is 4.63. The van der Waals surface area contributed by atoms with Gasteiger partial charge in [0.05, 0.1) is 6.04 Å². The maximum atomic E-state index is 13.8. The van der Waals surface area contributed by atoms with E-state index in [0.29, 0.717) is 18.1 Å². The van der Waals surface area contributed by atoms with E-state index in [9.17, 15) is 14.4 Å². The van der Waals surface area contributed by atoms with Crippen molar-refractivity contribution < 1.29 is 14.4 Å². The van der Waals surface area contributed by atoms with Crippen LogP contribution in [0.3, 0.4) is 0 Å². The number of hydrogen-bond donors (Lipinski definition) is 1. The SMILES string of the molecule is CN1CCN2c3cccc(Cl)c3C[C@@]3(C(=O)NC(=O)N(C(C)(C)C)C3=O)[C@H]2C1. The molecule has 1 aromatic carbocycles. The van der Waals surface area contributed by atoms with Crippen molar-refractivity contribution in [3.8, 4) is 0 Å². The molecule has 0 unspecified atom stereocenters. The number of piperazine rings is 1. The summed E-state index contributed by atoms with van der Waals surface area (Å²) in [5.74, 6) is -0.969. The molecule has 4 rings (SSSR count). The number of imide groups is 2. The number of nitrogens with one attached hydrogen (secondary N) is 1. The zero-order valence-corrected chi connectivity index (χ0v) is 17.3. The Morgan fingerprint density at radius 2 is 1.89 bits per heavy atom. The quantitative estimate of drug-likeness (QED) is 0.668. The first-order valence-electron chi connectivity index (χ1n) is 9.50. The lowest BCUT2D eigenvalue weighted by Crippen LogP contribution is -2.76. The van der Waals surface area contributed by atoms with Crippen LogP contribution in [0.15, 0.2) is 18.2 Å². The van der Waals surface area contributed by atoms with E-state index in [1.54, 1.807) is 26.8 Å². The number of fused-ring (bicyclic) bond motifs is 4. The van der Waals surface area contributed by atoms with Crippen LogP contribution in [-0.4, -0.2) is 65.9 Å². The van der Waals surface area contributed by atoms with Gasteiger partial charge in [0, 0.05) is 42.3 Å². The summed E-state index contributed by atoms with van der Waals surface area (Å²) >= 11 is 6.49. The summed E-state index contributed by atoms with van der Waals surface area (Å²) in [5, 5.41) is 3.00. The second kappa shape index (κ2) is 6.19. The number of rotatable bonds is 0. The lowest BCUT2D eigenvalue weighted by Gasteiger charge is -2.56. The summed E-state index contributed by atoms with van der Waals surface area (Å²) in [6.07, 6.45) is 0.182. The number of urea groups is 1. The van der Waals surface area contributed by atoms with E-state index in [1.165, 1.54) is 4.90 Å². The van der Waals surface area contributed by atoms with E-state index < -0.39 is 28.8 Å². The molecule has 1 N–H and O–H groups in total. The standard InChI is InChI=1S/C20H25ClN4O3/c1-19(2,3)25-17(27)20(16(26)22-18(25)28)10-12-13(21)6-5-7-14(12)24-9-8-23(4)11-15(20)24/h5-7,15H,8-11H2,1-4H3,(H,22,26,28)/t15-,20+/m1/s1. The number of anilines is 1. The molecule has 2 fully saturated rings. The Labute approximate surface area is 169 Å². The number of amides is 4. The Morgan fingerprint density at radius 3 is 2.57 bits per heavy atom. The molecule has 8 heteroatoms. The number of carbonyl (C=O) groups excluding carboxylic acids is 3. The predicted molar refractivity (Wildman–Crippen MR) is 106 cm³/mol. The maximum Gasteiger partial charge on any atom is 0.331 e. The lowest BCUT2D eigenvalue weighted by atomic mass is 9.67. The van der Waals surface area contributed by atoms with Gasteiger partial charge in [-0.25, -0.2) is 4.79 Å². The maximum absolute atomic E-state index is 13.8. The van der Waals surface area contributed by atoms with E-state index in [1.807, 2.05) is 19.2 Å². The second-order valence-corrected chi connectivity index (χ2v) is 9.33. The molecular formula is C20H25ClN4O3. The summed E-state index contributed by atoms with van der Waals surface area (Å²) in [6.45, 7) is 7.43. The van der Waals surface area contributed by atoms with E-state index in [-0.39, 0.29) is 12.5 Å². The van der Waals surface area contributed by atoms with Gasteiger partial charge in [0.15, 0.2) is 5.41 Å². The van der Waals surface area contributed by atoms with Gasteiger partial charge in [0.2, 0.25) is 11.8 Å². The van der Waals surface area contributed by atoms with E-state index in [2.05, 4.69) is 15.1 Å². The summed E-state index contributed by atoms with van der Waals surface area (Å²) < 4.78 is 0. The van der Waals surface area contributed by atoms with Gasteiger partial charge in [-0.1, -0.05) is 17.7 Å². The molecule has 150 valence electrons. The van der Waals surface area contributed by atoms with Gasteiger partial charge < -0.3 is 9.80 Å². The Bertz CT molecular complexity index is 881. The average Bonchev–Trinajstić information content (AvgIpc) is 2.59. The number of nitrogens with zero attached hydrogens (tertiary/aromatic N) is 3. The van der Waals surface area contributed by atoms with Gasteiger partial charge in [-0.2, -0.15) is 0 Å². The molecular weight excluding hydrogens is 380 g/mol.